The molecule has 2 atom stereocenters. The van der Waals surface area contributed by atoms with Crippen molar-refractivity contribution in [3.63, 3.8) is 0 Å². The summed E-state index contributed by atoms with van der Waals surface area (Å²) in [6.07, 6.45) is 10.1. The molecule has 1 aliphatic carbocycles. The molecule has 0 bridgehead atoms. The zero-order chi connectivity index (χ0) is 15.6. The molecule has 21 heavy (non-hydrogen) atoms. The third-order valence-electron chi connectivity index (χ3n) is 4.45. The molecule has 1 aliphatic rings. The van der Waals surface area contributed by atoms with Crippen LogP contribution >= 0.6 is 0 Å². The lowest BCUT2D eigenvalue weighted by molar-refractivity contribution is -0.155. The van der Waals surface area contributed by atoms with E-state index in [2.05, 4.69) is 12.2 Å². The van der Waals surface area contributed by atoms with Crippen molar-refractivity contribution in [1.29, 1.82) is 0 Å². The van der Waals surface area contributed by atoms with Gasteiger partial charge in [-0.3, -0.25) is 4.79 Å². The quantitative estimate of drug-likeness (QED) is 0.496. The first-order chi connectivity index (χ1) is 10.2. The highest BCUT2D eigenvalue weighted by molar-refractivity contribution is 5.81. The number of likely N-dealkylation sites (N-methyl/N-ethyl adjacent to an activating group) is 1. The summed E-state index contributed by atoms with van der Waals surface area (Å²) in [5.41, 5.74) is -0.541. The monoisotopic (exact) mass is 299 g/mol. The molecule has 0 aromatic carbocycles. The van der Waals surface area contributed by atoms with E-state index in [4.69, 9.17) is 9.47 Å². The Bertz CT molecular complexity index is 296. The molecule has 0 spiro atoms. The van der Waals surface area contributed by atoms with Crippen molar-refractivity contribution in [3.05, 3.63) is 0 Å². The molecule has 0 radical (unpaired) electrons. The van der Waals surface area contributed by atoms with Crippen LogP contribution in [-0.2, 0) is 14.3 Å². The Balaban J connectivity index is 2.34. The molecule has 1 fully saturated rings. The molecule has 0 aromatic heterocycles. The number of hydrogen-bond donors (Lipinski definition) is 1. The van der Waals surface area contributed by atoms with Crippen molar-refractivity contribution in [2.24, 2.45) is 0 Å². The van der Waals surface area contributed by atoms with Crippen molar-refractivity contribution < 1.29 is 14.3 Å². The van der Waals surface area contributed by atoms with E-state index < -0.39 is 5.54 Å². The lowest BCUT2D eigenvalue weighted by atomic mass is 9.80. The van der Waals surface area contributed by atoms with Crippen LogP contribution in [0, 0.1) is 0 Å². The van der Waals surface area contributed by atoms with E-state index >= 15 is 0 Å². The predicted octanol–water partition coefficient (Wildman–Crippen LogP) is 3.44. The first-order valence-electron chi connectivity index (χ1n) is 8.66. The molecule has 4 nitrogen and oxygen atoms in total. The molecule has 2 unspecified atom stereocenters. The van der Waals surface area contributed by atoms with Crippen LogP contribution in [0.1, 0.15) is 71.6 Å². The third-order valence-corrected chi connectivity index (χ3v) is 4.45. The number of carbonyl (C=O) groups is 1. The lowest BCUT2D eigenvalue weighted by Crippen LogP contribution is -2.55. The zero-order valence-corrected chi connectivity index (χ0v) is 14.1. The number of rotatable bonds is 10. The minimum Gasteiger partial charge on any atom is -0.465 e. The highest BCUT2D eigenvalue weighted by atomic mass is 16.5. The Morgan fingerprint density at radius 1 is 1.24 bits per heavy atom. The molecule has 4 heteroatoms. The van der Waals surface area contributed by atoms with Crippen LogP contribution in [-0.4, -0.2) is 37.9 Å². The van der Waals surface area contributed by atoms with E-state index in [9.17, 15) is 4.79 Å². The van der Waals surface area contributed by atoms with Gasteiger partial charge in [-0.1, -0.05) is 32.6 Å². The SMILES string of the molecule is CCCCCCCOC1CCCC(NC)(C(=O)OCC)C1. The zero-order valence-electron chi connectivity index (χ0n) is 14.1. The van der Waals surface area contributed by atoms with E-state index in [-0.39, 0.29) is 12.1 Å². The average Bonchev–Trinajstić information content (AvgIpc) is 2.51. The largest absolute Gasteiger partial charge is 0.465 e. The second-order valence-electron chi connectivity index (χ2n) is 6.06. The van der Waals surface area contributed by atoms with Crippen LogP contribution < -0.4 is 5.32 Å². The second kappa shape index (κ2) is 10.2. The maximum absolute atomic E-state index is 12.2. The van der Waals surface area contributed by atoms with E-state index in [1.54, 1.807) is 0 Å². The molecule has 1 N–H and O–H groups in total. The Kier molecular flexibility index (Phi) is 8.93. The van der Waals surface area contributed by atoms with Gasteiger partial charge in [-0.25, -0.2) is 0 Å². The van der Waals surface area contributed by atoms with Gasteiger partial charge >= 0.3 is 5.97 Å². The number of ether oxygens (including phenoxy) is 2. The number of nitrogens with one attached hydrogen (secondary N) is 1. The maximum atomic E-state index is 12.2. The second-order valence-corrected chi connectivity index (χ2v) is 6.06. The Hall–Kier alpha value is -0.610. The van der Waals surface area contributed by atoms with Gasteiger partial charge in [0.05, 0.1) is 12.7 Å². The van der Waals surface area contributed by atoms with Gasteiger partial charge in [0.2, 0.25) is 0 Å². The van der Waals surface area contributed by atoms with Crippen molar-refractivity contribution >= 4 is 5.97 Å². The van der Waals surface area contributed by atoms with Gasteiger partial charge in [-0.05, 0) is 39.7 Å². The van der Waals surface area contributed by atoms with Gasteiger partial charge in [0.15, 0.2) is 0 Å². The minimum atomic E-state index is -0.541. The summed E-state index contributed by atoms with van der Waals surface area (Å²) < 4.78 is 11.2. The molecule has 124 valence electrons. The summed E-state index contributed by atoms with van der Waals surface area (Å²) in [6, 6.07) is 0. The summed E-state index contributed by atoms with van der Waals surface area (Å²) in [7, 11) is 1.85. The van der Waals surface area contributed by atoms with Crippen LogP contribution in [0.4, 0.5) is 0 Å². The summed E-state index contributed by atoms with van der Waals surface area (Å²) in [5, 5.41) is 3.20. The topological polar surface area (TPSA) is 47.6 Å². The molecular formula is C17H33NO3. The van der Waals surface area contributed by atoms with Crippen molar-refractivity contribution in [3.8, 4) is 0 Å². The minimum absolute atomic E-state index is 0.122. The van der Waals surface area contributed by atoms with Gasteiger partial charge < -0.3 is 14.8 Å². The Morgan fingerprint density at radius 3 is 2.67 bits per heavy atom. The molecule has 1 saturated carbocycles. The molecule has 0 saturated heterocycles. The molecule has 0 aliphatic heterocycles. The van der Waals surface area contributed by atoms with Crippen molar-refractivity contribution in [2.75, 3.05) is 20.3 Å². The highest BCUT2D eigenvalue weighted by Gasteiger charge is 2.43. The number of unbranched alkanes of at least 4 members (excludes halogenated alkanes) is 4. The van der Waals surface area contributed by atoms with E-state index in [0.29, 0.717) is 6.61 Å². The van der Waals surface area contributed by atoms with Crippen molar-refractivity contribution in [1.82, 2.24) is 5.32 Å². The van der Waals surface area contributed by atoms with E-state index in [1.807, 2.05) is 14.0 Å². The summed E-state index contributed by atoms with van der Waals surface area (Å²) in [4.78, 5) is 12.2. The summed E-state index contributed by atoms with van der Waals surface area (Å²) in [5.74, 6) is -0.122. The highest BCUT2D eigenvalue weighted by Crippen LogP contribution is 2.31. The first-order valence-corrected chi connectivity index (χ1v) is 8.66. The Labute approximate surface area is 130 Å². The smallest absolute Gasteiger partial charge is 0.326 e. The molecule has 0 amide bonds. The fourth-order valence-corrected chi connectivity index (χ4v) is 3.11. The lowest BCUT2D eigenvalue weighted by Gasteiger charge is -2.38. The summed E-state index contributed by atoms with van der Waals surface area (Å²) in [6.45, 7) is 5.34. The maximum Gasteiger partial charge on any atom is 0.326 e. The van der Waals surface area contributed by atoms with E-state index in [1.165, 1.54) is 25.7 Å². The molecular weight excluding hydrogens is 266 g/mol. The standard InChI is InChI=1S/C17H33NO3/c1-4-6-7-8-9-13-21-15-11-10-12-17(14-15,18-3)16(19)20-5-2/h15,18H,4-14H2,1-3H3. The summed E-state index contributed by atoms with van der Waals surface area (Å²) >= 11 is 0. The Morgan fingerprint density at radius 2 is 2.00 bits per heavy atom. The van der Waals surface area contributed by atoms with Gasteiger partial charge in [-0.15, -0.1) is 0 Å². The van der Waals surface area contributed by atoms with Crippen LogP contribution in [0.15, 0.2) is 0 Å². The van der Waals surface area contributed by atoms with Gasteiger partial charge in [0, 0.05) is 13.0 Å². The van der Waals surface area contributed by atoms with Crippen LogP contribution in [0.5, 0.6) is 0 Å². The predicted molar refractivity (Wildman–Crippen MR) is 85.4 cm³/mol. The third kappa shape index (κ3) is 5.95. The van der Waals surface area contributed by atoms with Gasteiger partial charge in [0.1, 0.15) is 5.54 Å². The van der Waals surface area contributed by atoms with Crippen molar-refractivity contribution in [2.45, 2.75) is 83.3 Å². The van der Waals surface area contributed by atoms with Crippen LogP contribution in [0.3, 0.4) is 0 Å². The van der Waals surface area contributed by atoms with E-state index in [0.717, 1.165) is 38.7 Å². The number of carbonyl (C=O) groups excluding carboxylic acids is 1. The number of hydrogen-bond acceptors (Lipinski definition) is 4. The average molecular weight is 299 g/mol. The number of esters is 1. The molecule has 0 heterocycles. The molecule has 1 rings (SSSR count). The van der Waals surface area contributed by atoms with Crippen LogP contribution in [0.25, 0.3) is 0 Å². The van der Waals surface area contributed by atoms with Gasteiger partial charge in [-0.2, -0.15) is 0 Å². The van der Waals surface area contributed by atoms with Crippen LogP contribution in [0.2, 0.25) is 0 Å². The molecule has 0 aromatic rings. The fraction of sp³-hybridized carbons (Fsp3) is 0.941. The van der Waals surface area contributed by atoms with Gasteiger partial charge in [0.25, 0.3) is 0 Å². The fourth-order valence-electron chi connectivity index (χ4n) is 3.11. The first kappa shape index (κ1) is 18.4. The normalized spacial score (nSPS) is 25.8.